The van der Waals surface area contributed by atoms with Crippen molar-refractivity contribution in [1.82, 2.24) is 0 Å². The Morgan fingerprint density at radius 3 is 1.80 bits per heavy atom. The van der Waals surface area contributed by atoms with E-state index in [0.29, 0.717) is 6.54 Å². The lowest BCUT2D eigenvalue weighted by atomic mass is 10.00. The van der Waals surface area contributed by atoms with Crippen molar-refractivity contribution in [3.05, 3.63) is 107 Å². The summed E-state index contributed by atoms with van der Waals surface area (Å²) >= 11 is 0. The van der Waals surface area contributed by atoms with Crippen molar-refractivity contribution in [1.29, 1.82) is 0 Å². The molecule has 0 saturated heterocycles. The highest BCUT2D eigenvalue weighted by Crippen LogP contribution is 2.41. The second-order valence-electron chi connectivity index (χ2n) is 7.53. The Kier molecular flexibility index (Phi) is 5.29. The summed E-state index contributed by atoms with van der Waals surface area (Å²) in [5, 5.41) is 0. The van der Waals surface area contributed by atoms with Crippen LogP contribution in [0.15, 0.2) is 96.2 Å². The summed E-state index contributed by atoms with van der Waals surface area (Å²) in [7, 11) is 0. The number of allylic oxidation sites excluding steroid dienone is 1. The van der Waals surface area contributed by atoms with Gasteiger partial charge in [0.2, 0.25) is 0 Å². The smallest absolute Gasteiger partial charge is 0.343 e. The molecule has 0 spiro atoms. The zero-order chi connectivity index (χ0) is 21.3. The van der Waals surface area contributed by atoms with Gasteiger partial charge in [0.25, 0.3) is 0 Å². The largest absolute Gasteiger partial charge is 0.416 e. The Labute approximate surface area is 174 Å². The lowest BCUT2D eigenvalue weighted by molar-refractivity contribution is -0.137. The second kappa shape index (κ2) is 7.90. The van der Waals surface area contributed by atoms with Crippen LogP contribution in [0.1, 0.15) is 31.1 Å². The van der Waals surface area contributed by atoms with E-state index in [4.69, 9.17) is 0 Å². The van der Waals surface area contributed by atoms with Crippen LogP contribution in [0.5, 0.6) is 0 Å². The average Bonchev–Trinajstić information content (AvgIpc) is 2.76. The fourth-order valence-corrected chi connectivity index (χ4v) is 3.93. The number of benzene rings is 3. The monoisotopic (exact) mass is 408 g/mol. The molecule has 1 heterocycles. The molecule has 1 unspecified atom stereocenters. The minimum atomic E-state index is -4.35. The van der Waals surface area contributed by atoms with Crippen LogP contribution in [0.25, 0.3) is 0 Å². The van der Waals surface area contributed by atoms with Crippen molar-refractivity contribution in [2.24, 2.45) is 0 Å². The molecular weight excluding hydrogens is 385 g/mol. The van der Waals surface area contributed by atoms with E-state index in [1.54, 1.807) is 12.1 Å². The molecule has 0 saturated carbocycles. The van der Waals surface area contributed by atoms with Crippen LogP contribution in [0.3, 0.4) is 0 Å². The number of alkyl halides is 3. The molecule has 2 nitrogen and oxygen atoms in total. The summed E-state index contributed by atoms with van der Waals surface area (Å²) in [6.45, 7) is 4.87. The Balaban J connectivity index is 1.87. The van der Waals surface area contributed by atoms with Gasteiger partial charge in [0.15, 0.2) is 0 Å². The Hall–Kier alpha value is -3.21. The summed E-state index contributed by atoms with van der Waals surface area (Å²) in [5.41, 5.74) is 4.52. The van der Waals surface area contributed by atoms with Crippen molar-refractivity contribution in [3.8, 4) is 0 Å². The molecule has 3 aromatic rings. The van der Waals surface area contributed by atoms with Crippen molar-refractivity contribution in [3.63, 3.8) is 0 Å². The van der Waals surface area contributed by atoms with E-state index in [9.17, 15) is 13.2 Å². The first kappa shape index (κ1) is 20.1. The Morgan fingerprint density at radius 2 is 1.27 bits per heavy atom. The SMILES string of the molecule is CC1=C(C)N(c2ccccc2)C(c2ccc(C(F)(F)F)cc2)N(c2ccccc2)C1. The molecule has 1 atom stereocenters. The Morgan fingerprint density at radius 1 is 0.733 bits per heavy atom. The third-order valence-electron chi connectivity index (χ3n) is 5.58. The third-order valence-corrected chi connectivity index (χ3v) is 5.58. The van der Waals surface area contributed by atoms with Gasteiger partial charge in [-0.2, -0.15) is 13.2 Å². The maximum absolute atomic E-state index is 13.1. The number of nitrogens with zero attached hydrogens (tertiary/aromatic N) is 2. The van der Waals surface area contributed by atoms with Crippen molar-refractivity contribution < 1.29 is 13.2 Å². The fraction of sp³-hybridized carbons (Fsp3) is 0.200. The van der Waals surface area contributed by atoms with Gasteiger partial charge in [0, 0.05) is 23.6 Å². The molecule has 4 rings (SSSR count). The second-order valence-corrected chi connectivity index (χ2v) is 7.53. The van der Waals surface area contributed by atoms with Crippen LogP contribution < -0.4 is 9.80 Å². The highest BCUT2D eigenvalue weighted by Gasteiger charge is 2.35. The van der Waals surface area contributed by atoms with Crippen LogP contribution in [-0.2, 0) is 6.18 Å². The van der Waals surface area contributed by atoms with Gasteiger partial charge in [-0.15, -0.1) is 0 Å². The number of hydrogen-bond acceptors (Lipinski definition) is 2. The van der Waals surface area contributed by atoms with Gasteiger partial charge in [-0.1, -0.05) is 48.5 Å². The molecule has 1 aliphatic rings. The molecule has 0 aliphatic carbocycles. The van der Waals surface area contributed by atoms with Crippen molar-refractivity contribution >= 4 is 11.4 Å². The molecule has 0 bridgehead atoms. The van der Waals surface area contributed by atoms with Gasteiger partial charge in [-0.3, -0.25) is 0 Å². The van der Waals surface area contributed by atoms with Crippen molar-refractivity contribution in [2.45, 2.75) is 26.2 Å². The summed E-state index contributed by atoms with van der Waals surface area (Å²) < 4.78 is 39.4. The molecule has 30 heavy (non-hydrogen) atoms. The molecule has 5 heteroatoms. The summed E-state index contributed by atoms with van der Waals surface area (Å²) in [6.07, 6.45) is -4.61. The van der Waals surface area contributed by atoms with Crippen LogP contribution in [-0.4, -0.2) is 6.54 Å². The summed E-state index contributed by atoms with van der Waals surface area (Å²) in [4.78, 5) is 4.44. The summed E-state index contributed by atoms with van der Waals surface area (Å²) in [5.74, 6) is 0. The molecule has 0 aromatic heterocycles. The minimum Gasteiger partial charge on any atom is -0.343 e. The average molecular weight is 408 g/mol. The zero-order valence-corrected chi connectivity index (χ0v) is 16.9. The molecule has 0 radical (unpaired) electrons. The molecule has 0 N–H and O–H groups in total. The highest BCUT2D eigenvalue weighted by molar-refractivity contribution is 5.63. The Bertz CT molecular complexity index is 1030. The predicted octanol–water partition coefficient (Wildman–Crippen LogP) is 7.02. The maximum Gasteiger partial charge on any atom is 0.416 e. The van der Waals surface area contributed by atoms with E-state index in [1.165, 1.54) is 17.7 Å². The van der Waals surface area contributed by atoms with Gasteiger partial charge in [-0.25, -0.2) is 0 Å². The first-order valence-corrected chi connectivity index (χ1v) is 9.86. The van der Waals surface area contributed by atoms with Gasteiger partial charge in [0.05, 0.1) is 5.56 Å². The van der Waals surface area contributed by atoms with Gasteiger partial charge in [-0.05, 0) is 61.4 Å². The first-order chi connectivity index (χ1) is 14.4. The summed E-state index contributed by atoms with van der Waals surface area (Å²) in [6, 6.07) is 25.5. The number of hydrogen-bond donors (Lipinski definition) is 0. The molecule has 0 fully saturated rings. The number of rotatable bonds is 3. The topological polar surface area (TPSA) is 6.48 Å². The third kappa shape index (κ3) is 3.80. The van der Waals surface area contributed by atoms with Crippen LogP contribution in [0.4, 0.5) is 24.5 Å². The van der Waals surface area contributed by atoms with Crippen LogP contribution in [0, 0.1) is 0 Å². The van der Waals surface area contributed by atoms with Gasteiger partial charge >= 0.3 is 6.18 Å². The van der Waals surface area contributed by atoms with E-state index in [2.05, 4.69) is 23.6 Å². The number of anilines is 2. The lowest BCUT2D eigenvalue weighted by Gasteiger charge is -2.47. The number of halogens is 3. The highest BCUT2D eigenvalue weighted by atomic mass is 19.4. The predicted molar refractivity (Wildman–Crippen MR) is 115 cm³/mol. The van der Waals surface area contributed by atoms with E-state index in [1.807, 2.05) is 60.7 Å². The van der Waals surface area contributed by atoms with E-state index in [-0.39, 0.29) is 6.17 Å². The zero-order valence-electron chi connectivity index (χ0n) is 16.9. The molecular formula is C25H23F3N2. The fourth-order valence-electron chi connectivity index (χ4n) is 3.93. The standard InChI is InChI=1S/C25H23F3N2/c1-18-17-29(22-9-5-3-6-10-22)24(20-13-15-21(16-14-20)25(26,27)28)30(19(18)2)23-11-7-4-8-12-23/h3-16,24H,17H2,1-2H3. The molecule has 3 aromatic carbocycles. The molecule has 154 valence electrons. The van der Waals surface area contributed by atoms with Crippen molar-refractivity contribution in [2.75, 3.05) is 16.3 Å². The van der Waals surface area contributed by atoms with Crippen LogP contribution in [0.2, 0.25) is 0 Å². The minimum absolute atomic E-state index is 0.263. The first-order valence-electron chi connectivity index (χ1n) is 9.86. The van der Waals surface area contributed by atoms with Gasteiger partial charge in [0.1, 0.15) is 6.17 Å². The normalized spacial score (nSPS) is 17.4. The molecule has 1 aliphatic heterocycles. The maximum atomic E-state index is 13.1. The number of para-hydroxylation sites is 2. The quantitative estimate of drug-likeness (QED) is 0.459. The lowest BCUT2D eigenvalue weighted by Crippen LogP contribution is -2.46. The van der Waals surface area contributed by atoms with E-state index in [0.717, 1.165) is 22.6 Å². The van der Waals surface area contributed by atoms with E-state index >= 15 is 0 Å². The molecule has 0 amide bonds. The van der Waals surface area contributed by atoms with Crippen LogP contribution >= 0.6 is 0 Å². The van der Waals surface area contributed by atoms with Gasteiger partial charge < -0.3 is 9.80 Å². The van der Waals surface area contributed by atoms with E-state index < -0.39 is 11.7 Å².